The smallest absolute Gasteiger partial charge is 0.164 e. The minimum absolute atomic E-state index is 0.594. The molecule has 6 heteroatoms. The van der Waals surface area contributed by atoms with Crippen LogP contribution in [-0.4, -0.2) is 15.0 Å². The molecule has 0 radical (unpaired) electrons. The van der Waals surface area contributed by atoms with E-state index in [1.165, 1.54) is 20.2 Å². The van der Waals surface area contributed by atoms with Crippen molar-refractivity contribution in [1.29, 1.82) is 0 Å². The number of aromatic nitrogens is 3. The summed E-state index contributed by atoms with van der Waals surface area (Å²) in [4.78, 5) is 15.0. The zero-order valence-corrected chi connectivity index (χ0v) is 27.8. The van der Waals surface area contributed by atoms with Crippen molar-refractivity contribution in [2.45, 2.75) is 0 Å². The molecule has 4 heterocycles. The molecular formula is C45H25N3O2S. The Morgan fingerprint density at radius 1 is 0.353 bits per heavy atom. The van der Waals surface area contributed by atoms with Crippen molar-refractivity contribution in [3.8, 4) is 45.3 Å². The van der Waals surface area contributed by atoms with Gasteiger partial charge in [-0.2, -0.15) is 0 Å². The minimum atomic E-state index is 0.594. The van der Waals surface area contributed by atoms with Gasteiger partial charge in [0, 0.05) is 58.4 Å². The molecular weight excluding hydrogens is 647 g/mol. The highest BCUT2D eigenvalue weighted by molar-refractivity contribution is 7.25. The molecule has 11 rings (SSSR count). The normalized spacial score (nSPS) is 11.9. The summed E-state index contributed by atoms with van der Waals surface area (Å²) in [5.74, 6) is 1.85. The maximum absolute atomic E-state index is 6.47. The third kappa shape index (κ3) is 4.50. The number of nitrogens with zero attached hydrogens (tertiary/aromatic N) is 3. The van der Waals surface area contributed by atoms with Crippen LogP contribution in [0.2, 0.25) is 0 Å². The fourth-order valence-electron chi connectivity index (χ4n) is 7.31. The Morgan fingerprint density at radius 2 is 0.980 bits per heavy atom. The number of para-hydroxylation sites is 1. The van der Waals surface area contributed by atoms with Gasteiger partial charge < -0.3 is 8.83 Å². The molecule has 0 aliphatic carbocycles. The highest BCUT2D eigenvalue weighted by atomic mass is 32.1. The molecule has 0 aliphatic rings. The molecule has 0 atom stereocenters. The van der Waals surface area contributed by atoms with Gasteiger partial charge in [0.05, 0.1) is 0 Å². The van der Waals surface area contributed by atoms with Gasteiger partial charge in [0.25, 0.3) is 0 Å². The van der Waals surface area contributed by atoms with Crippen LogP contribution in [-0.2, 0) is 0 Å². The summed E-state index contributed by atoms with van der Waals surface area (Å²) < 4.78 is 15.1. The maximum atomic E-state index is 6.47. The Hall–Kier alpha value is -6.63. The van der Waals surface area contributed by atoms with E-state index in [0.717, 1.165) is 71.7 Å². The first-order chi connectivity index (χ1) is 25.2. The van der Waals surface area contributed by atoms with E-state index in [2.05, 4.69) is 97.1 Å². The fourth-order valence-corrected chi connectivity index (χ4v) is 8.46. The maximum Gasteiger partial charge on any atom is 0.164 e. The van der Waals surface area contributed by atoms with Crippen LogP contribution in [0.25, 0.3) is 109 Å². The molecule has 7 aromatic carbocycles. The second kappa shape index (κ2) is 10.9. The van der Waals surface area contributed by atoms with Crippen molar-refractivity contribution in [2.75, 3.05) is 0 Å². The van der Waals surface area contributed by atoms with Gasteiger partial charge in [-0.3, -0.25) is 0 Å². The van der Waals surface area contributed by atoms with Gasteiger partial charge in [0.15, 0.2) is 17.5 Å². The molecule has 51 heavy (non-hydrogen) atoms. The number of fused-ring (bicyclic) bond motifs is 9. The van der Waals surface area contributed by atoms with E-state index in [1.807, 2.05) is 54.6 Å². The van der Waals surface area contributed by atoms with Gasteiger partial charge in [-0.25, -0.2) is 15.0 Å². The Bertz CT molecular complexity index is 3160. The van der Waals surface area contributed by atoms with Crippen LogP contribution in [0.4, 0.5) is 0 Å². The van der Waals surface area contributed by atoms with Crippen molar-refractivity contribution < 1.29 is 8.83 Å². The Kier molecular flexibility index (Phi) is 6.05. The quantitative estimate of drug-likeness (QED) is 0.186. The van der Waals surface area contributed by atoms with E-state index in [-0.39, 0.29) is 0 Å². The van der Waals surface area contributed by atoms with E-state index < -0.39 is 0 Å². The van der Waals surface area contributed by atoms with E-state index in [9.17, 15) is 0 Å². The summed E-state index contributed by atoms with van der Waals surface area (Å²) in [7, 11) is 0. The standard InChI is InChI=1S/C45H25N3O2S/c1-2-9-26(10-3-1)43-46-44(48-45(47-43)29-18-21-33-32-11-5-7-16-40(32)51-41(33)25-29)28-17-20-31-35-23-27(19-22-37(35)50-39(31)24-28)30-13-8-15-38-42(30)34-12-4-6-14-36(34)49-38/h1-25H. The summed E-state index contributed by atoms with van der Waals surface area (Å²) in [6, 6.07) is 52.2. The molecule has 0 bridgehead atoms. The number of thiophene rings is 1. The second-order valence-electron chi connectivity index (χ2n) is 12.8. The Labute approximate surface area is 295 Å². The van der Waals surface area contributed by atoms with Gasteiger partial charge in [-0.15, -0.1) is 11.3 Å². The lowest BCUT2D eigenvalue weighted by Gasteiger charge is -2.08. The van der Waals surface area contributed by atoms with Gasteiger partial charge >= 0.3 is 0 Å². The number of rotatable bonds is 4. The predicted molar refractivity (Wildman–Crippen MR) is 209 cm³/mol. The number of furan rings is 2. The van der Waals surface area contributed by atoms with Crippen LogP contribution in [0.1, 0.15) is 0 Å². The summed E-state index contributed by atoms with van der Waals surface area (Å²) in [5, 5.41) is 6.83. The first kappa shape index (κ1) is 28.2. The van der Waals surface area contributed by atoms with Crippen molar-refractivity contribution in [1.82, 2.24) is 15.0 Å². The molecule has 0 saturated carbocycles. The van der Waals surface area contributed by atoms with Crippen LogP contribution in [0.3, 0.4) is 0 Å². The second-order valence-corrected chi connectivity index (χ2v) is 13.9. The number of hydrogen-bond donors (Lipinski definition) is 0. The average molecular weight is 672 g/mol. The fraction of sp³-hybridized carbons (Fsp3) is 0. The van der Waals surface area contributed by atoms with E-state index in [0.29, 0.717) is 17.5 Å². The van der Waals surface area contributed by atoms with Crippen LogP contribution >= 0.6 is 11.3 Å². The Balaban J connectivity index is 1.05. The molecule has 0 saturated heterocycles. The van der Waals surface area contributed by atoms with E-state index in [1.54, 1.807) is 11.3 Å². The third-order valence-corrected chi connectivity index (χ3v) is 10.9. The third-order valence-electron chi connectivity index (χ3n) is 9.75. The van der Waals surface area contributed by atoms with Crippen LogP contribution in [0.5, 0.6) is 0 Å². The molecule has 238 valence electrons. The molecule has 0 unspecified atom stereocenters. The van der Waals surface area contributed by atoms with Gasteiger partial charge in [-0.05, 0) is 59.7 Å². The highest BCUT2D eigenvalue weighted by Gasteiger charge is 2.17. The van der Waals surface area contributed by atoms with Gasteiger partial charge in [-0.1, -0.05) is 103 Å². The molecule has 0 N–H and O–H groups in total. The SMILES string of the molecule is c1ccc(-c2nc(-c3ccc4c(c3)oc3ccc(-c5cccc6oc7ccccc7c56)cc34)nc(-c3ccc4c(c3)sc3ccccc34)n2)cc1. The van der Waals surface area contributed by atoms with Crippen molar-refractivity contribution in [3.05, 3.63) is 152 Å². The van der Waals surface area contributed by atoms with E-state index in [4.69, 9.17) is 23.8 Å². The van der Waals surface area contributed by atoms with Crippen LogP contribution in [0.15, 0.2) is 160 Å². The summed E-state index contributed by atoms with van der Waals surface area (Å²) in [6.45, 7) is 0. The Morgan fingerprint density at radius 3 is 1.84 bits per heavy atom. The lowest BCUT2D eigenvalue weighted by molar-refractivity contribution is 0.669. The van der Waals surface area contributed by atoms with Crippen molar-refractivity contribution >= 4 is 75.4 Å². The van der Waals surface area contributed by atoms with Crippen LogP contribution in [0, 0.1) is 0 Å². The van der Waals surface area contributed by atoms with E-state index >= 15 is 0 Å². The zero-order valence-electron chi connectivity index (χ0n) is 27.0. The molecule has 0 spiro atoms. The summed E-state index contributed by atoms with van der Waals surface area (Å²) >= 11 is 1.79. The first-order valence-electron chi connectivity index (χ1n) is 16.8. The molecule has 4 aromatic heterocycles. The van der Waals surface area contributed by atoms with Gasteiger partial charge in [0.1, 0.15) is 22.3 Å². The lowest BCUT2D eigenvalue weighted by atomic mass is 9.98. The average Bonchev–Trinajstić information content (AvgIpc) is 3.88. The monoisotopic (exact) mass is 671 g/mol. The molecule has 0 aliphatic heterocycles. The number of hydrogen-bond acceptors (Lipinski definition) is 6. The first-order valence-corrected chi connectivity index (χ1v) is 17.7. The highest BCUT2D eigenvalue weighted by Crippen LogP contribution is 2.40. The minimum Gasteiger partial charge on any atom is -0.456 e. The molecule has 11 aromatic rings. The number of benzene rings is 7. The summed E-state index contributed by atoms with van der Waals surface area (Å²) in [5.41, 5.74) is 8.36. The van der Waals surface area contributed by atoms with Crippen LogP contribution < -0.4 is 0 Å². The molecule has 5 nitrogen and oxygen atoms in total. The molecule has 0 fully saturated rings. The predicted octanol–water partition coefficient (Wildman–Crippen LogP) is 12.7. The largest absolute Gasteiger partial charge is 0.456 e. The zero-order chi connectivity index (χ0) is 33.5. The van der Waals surface area contributed by atoms with Crippen molar-refractivity contribution in [3.63, 3.8) is 0 Å². The molecule has 0 amide bonds. The summed E-state index contributed by atoms with van der Waals surface area (Å²) in [6.07, 6.45) is 0. The van der Waals surface area contributed by atoms with Gasteiger partial charge in [0.2, 0.25) is 0 Å². The topological polar surface area (TPSA) is 65.0 Å². The van der Waals surface area contributed by atoms with Crippen molar-refractivity contribution in [2.24, 2.45) is 0 Å². The lowest BCUT2D eigenvalue weighted by Crippen LogP contribution is -2.00.